The molecule has 0 atom stereocenters. The molecule has 0 N–H and O–H groups in total. The Balaban J connectivity index is 1.92. The van der Waals surface area contributed by atoms with Crippen molar-refractivity contribution in [1.82, 2.24) is 4.90 Å². The van der Waals surface area contributed by atoms with Crippen molar-refractivity contribution >= 4 is 5.91 Å². The zero-order valence-corrected chi connectivity index (χ0v) is 13.1. The summed E-state index contributed by atoms with van der Waals surface area (Å²) < 4.78 is 13.7. The van der Waals surface area contributed by atoms with E-state index >= 15 is 0 Å². The molecule has 1 aliphatic carbocycles. The Labute approximate surface area is 132 Å². The first-order chi connectivity index (χ1) is 10.6. The van der Waals surface area contributed by atoms with E-state index in [-0.39, 0.29) is 11.7 Å². The van der Waals surface area contributed by atoms with Gasteiger partial charge >= 0.3 is 0 Å². The first kappa shape index (κ1) is 15.3. The van der Waals surface area contributed by atoms with Crippen LogP contribution >= 0.6 is 0 Å². The zero-order valence-electron chi connectivity index (χ0n) is 13.1. The molecule has 1 saturated carbocycles. The highest BCUT2D eigenvalue weighted by Gasteiger charge is 2.43. The summed E-state index contributed by atoms with van der Waals surface area (Å²) in [5.41, 5.74) is 1.58. The van der Waals surface area contributed by atoms with E-state index < -0.39 is 5.41 Å². The van der Waals surface area contributed by atoms with Gasteiger partial charge in [0.2, 0.25) is 5.91 Å². The predicted molar refractivity (Wildman–Crippen MR) is 86.1 cm³/mol. The van der Waals surface area contributed by atoms with Gasteiger partial charge in [0.25, 0.3) is 0 Å². The number of halogens is 1. The molecule has 22 heavy (non-hydrogen) atoms. The van der Waals surface area contributed by atoms with Crippen molar-refractivity contribution in [1.29, 1.82) is 0 Å². The number of nitrogens with zero attached hydrogens (tertiary/aromatic N) is 1. The lowest BCUT2D eigenvalue weighted by atomic mass is 9.68. The second-order valence-corrected chi connectivity index (χ2v) is 6.70. The number of benzene rings is 1. The molecule has 0 unspecified atom stereocenters. The second-order valence-electron chi connectivity index (χ2n) is 6.70. The Morgan fingerprint density at radius 2 is 1.82 bits per heavy atom. The minimum atomic E-state index is -0.515. The van der Waals surface area contributed by atoms with E-state index in [0.29, 0.717) is 0 Å². The molecular formula is C19H24FNO. The summed E-state index contributed by atoms with van der Waals surface area (Å²) in [5.74, 6) is -0.0485. The molecule has 1 amide bonds. The lowest BCUT2D eigenvalue weighted by molar-refractivity contribution is -0.139. The summed E-state index contributed by atoms with van der Waals surface area (Å²) >= 11 is 0. The number of hydrogen-bond donors (Lipinski definition) is 0. The summed E-state index contributed by atoms with van der Waals surface area (Å²) in [6.45, 7) is 5.54. The van der Waals surface area contributed by atoms with E-state index in [4.69, 9.17) is 0 Å². The fraction of sp³-hybridized carbons (Fsp3) is 0.526. The van der Waals surface area contributed by atoms with Crippen molar-refractivity contribution < 1.29 is 9.18 Å². The summed E-state index contributed by atoms with van der Waals surface area (Å²) in [4.78, 5) is 15.2. The maximum atomic E-state index is 13.7. The summed E-state index contributed by atoms with van der Waals surface area (Å²) in [7, 11) is 0. The molecule has 0 bridgehead atoms. The number of rotatable bonds is 2. The molecule has 0 spiro atoms. The van der Waals surface area contributed by atoms with Crippen LogP contribution in [-0.4, -0.2) is 23.9 Å². The Kier molecular flexibility index (Phi) is 4.32. The van der Waals surface area contributed by atoms with Gasteiger partial charge < -0.3 is 4.90 Å². The second kappa shape index (κ2) is 6.23. The number of carbonyl (C=O) groups excluding carboxylic acids is 1. The van der Waals surface area contributed by atoms with Crippen LogP contribution in [0, 0.1) is 5.82 Å². The van der Waals surface area contributed by atoms with E-state index in [2.05, 4.69) is 6.58 Å². The molecule has 118 valence electrons. The van der Waals surface area contributed by atoms with E-state index in [1.807, 2.05) is 11.0 Å². The topological polar surface area (TPSA) is 20.3 Å². The minimum Gasteiger partial charge on any atom is -0.341 e. The van der Waals surface area contributed by atoms with Gasteiger partial charge in [0.15, 0.2) is 0 Å². The molecule has 2 aliphatic rings. The number of piperidine rings is 1. The molecule has 2 nitrogen and oxygen atoms in total. The zero-order chi connectivity index (χ0) is 15.6. The molecular weight excluding hydrogens is 277 g/mol. The lowest BCUT2D eigenvalue weighted by Crippen LogP contribution is -2.50. The highest BCUT2D eigenvalue weighted by atomic mass is 19.1. The molecule has 1 saturated heterocycles. The van der Waals surface area contributed by atoms with Crippen molar-refractivity contribution in [3.63, 3.8) is 0 Å². The monoisotopic (exact) mass is 301 g/mol. The van der Waals surface area contributed by atoms with E-state index in [1.54, 1.807) is 12.1 Å². The quantitative estimate of drug-likeness (QED) is 0.749. The Hall–Kier alpha value is -1.64. The van der Waals surface area contributed by atoms with Crippen LogP contribution in [-0.2, 0) is 10.2 Å². The van der Waals surface area contributed by atoms with E-state index in [0.717, 1.165) is 57.2 Å². The largest absolute Gasteiger partial charge is 0.341 e. The Bertz CT molecular complexity index is 565. The van der Waals surface area contributed by atoms with Crippen molar-refractivity contribution in [3.05, 3.63) is 47.8 Å². The molecule has 1 aromatic rings. The van der Waals surface area contributed by atoms with Crippen molar-refractivity contribution in [2.24, 2.45) is 0 Å². The van der Waals surface area contributed by atoms with Crippen LogP contribution in [0.25, 0.3) is 0 Å². The highest BCUT2D eigenvalue weighted by molar-refractivity contribution is 5.88. The Morgan fingerprint density at radius 3 is 2.45 bits per heavy atom. The number of amides is 1. The van der Waals surface area contributed by atoms with Crippen molar-refractivity contribution in [2.45, 2.75) is 50.4 Å². The van der Waals surface area contributed by atoms with Crippen molar-refractivity contribution in [3.8, 4) is 0 Å². The van der Waals surface area contributed by atoms with Crippen LogP contribution in [0.2, 0.25) is 0 Å². The van der Waals surface area contributed by atoms with Gasteiger partial charge in [-0.15, -0.1) is 0 Å². The maximum absolute atomic E-state index is 13.7. The van der Waals surface area contributed by atoms with Gasteiger partial charge in [-0.05, 0) is 43.4 Å². The van der Waals surface area contributed by atoms with E-state index in [9.17, 15) is 9.18 Å². The van der Waals surface area contributed by atoms with Gasteiger partial charge in [-0.3, -0.25) is 4.79 Å². The van der Waals surface area contributed by atoms with Gasteiger partial charge in [-0.2, -0.15) is 0 Å². The van der Waals surface area contributed by atoms with Crippen LogP contribution in [0.1, 0.15) is 50.5 Å². The van der Waals surface area contributed by atoms with Crippen molar-refractivity contribution in [2.75, 3.05) is 13.1 Å². The summed E-state index contributed by atoms with van der Waals surface area (Å²) in [6, 6.07) is 6.67. The molecule has 2 fully saturated rings. The Morgan fingerprint density at radius 1 is 1.14 bits per heavy atom. The fourth-order valence-corrected chi connectivity index (χ4v) is 3.90. The van der Waals surface area contributed by atoms with Crippen LogP contribution in [0.15, 0.2) is 36.4 Å². The van der Waals surface area contributed by atoms with Gasteiger partial charge in [0.1, 0.15) is 5.82 Å². The molecule has 1 heterocycles. The first-order valence-corrected chi connectivity index (χ1v) is 8.34. The van der Waals surface area contributed by atoms with Gasteiger partial charge in [-0.25, -0.2) is 4.39 Å². The highest BCUT2D eigenvalue weighted by Crippen LogP contribution is 2.41. The number of likely N-dealkylation sites (tertiary alicyclic amines) is 1. The predicted octanol–water partition coefficient (Wildman–Crippen LogP) is 4.21. The summed E-state index contributed by atoms with van der Waals surface area (Å²) in [5, 5.41) is 0. The lowest BCUT2D eigenvalue weighted by Gasteiger charge is -2.41. The van der Waals surface area contributed by atoms with Crippen LogP contribution in [0.5, 0.6) is 0 Å². The average Bonchev–Trinajstić information content (AvgIpc) is 2.55. The number of carbonyl (C=O) groups is 1. The van der Waals surface area contributed by atoms with Crippen LogP contribution in [0.3, 0.4) is 0 Å². The maximum Gasteiger partial charge on any atom is 0.233 e. The third-order valence-corrected chi connectivity index (χ3v) is 5.25. The molecule has 0 radical (unpaired) electrons. The third-order valence-electron chi connectivity index (χ3n) is 5.25. The molecule has 1 aromatic carbocycles. The normalized spacial score (nSPS) is 21.7. The molecule has 3 rings (SSSR count). The third kappa shape index (κ3) is 2.81. The fourth-order valence-electron chi connectivity index (χ4n) is 3.90. The average molecular weight is 301 g/mol. The SMILES string of the molecule is C=C1CCN(C(=O)C2(c3cccc(F)c3)CCCCC2)CC1. The van der Waals surface area contributed by atoms with E-state index in [1.165, 1.54) is 18.1 Å². The standard InChI is InChI=1S/C19H24FNO/c1-15-8-12-21(13-9-15)18(22)19(10-3-2-4-11-19)16-6-5-7-17(20)14-16/h5-7,14H,1-4,8-13H2. The molecule has 1 aliphatic heterocycles. The van der Waals surface area contributed by atoms with Gasteiger partial charge in [0.05, 0.1) is 5.41 Å². The summed E-state index contributed by atoms with van der Waals surface area (Å²) in [6.07, 6.45) is 6.72. The van der Waals surface area contributed by atoms with Gasteiger partial charge in [0, 0.05) is 13.1 Å². The smallest absolute Gasteiger partial charge is 0.233 e. The van der Waals surface area contributed by atoms with Crippen LogP contribution < -0.4 is 0 Å². The minimum absolute atomic E-state index is 0.199. The van der Waals surface area contributed by atoms with Crippen LogP contribution in [0.4, 0.5) is 4.39 Å². The van der Waals surface area contributed by atoms with Gasteiger partial charge in [-0.1, -0.05) is 43.5 Å². The first-order valence-electron chi connectivity index (χ1n) is 8.34. The molecule has 0 aromatic heterocycles. The molecule has 3 heteroatoms. The number of hydrogen-bond acceptors (Lipinski definition) is 1.